The molecule has 1 heterocycles. The van der Waals surface area contributed by atoms with Crippen molar-refractivity contribution in [2.75, 3.05) is 0 Å². The van der Waals surface area contributed by atoms with Crippen LogP contribution < -0.4 is 10.1 Å². The fourth-order valence-electron chi connectivity index (χ4n) is 2.01. The maximum absolute atomic E-state index is 5.74. The lowest BCUT2D eigenvalue weighted by Gasteiger charge is -2.06. The first-order valence-corrected chi connectivity index (χ1v) is 7.68. The summed E-state index contributed by atoms with van der Waals surface area (Å²) in [5.74, 6) is 1.72. The maximum Gasteiger partial charge on any atom is 0.146 e. The largest absolute Gasteiger partial charge is 0.486 e. The SMILES string of the molecule is Cc1cc(OCc2cc(CNC3CC3)co2)ccc1Br. The highest BCUT2D eigenvalue weighted by Crippen LogP contribution is 2.23. The fraction of sp³-hybridized carbons (Fsp3) is 0.375. The Bertz CT molecular complexity index is 590. The quantitative estimate of drug-likeness (QED) is 0.859. The summed E-state index contributed by atoms with van der Waals surface area (Å²) in [5, 5.41) is 3.47. The van der Waals surface area contributed by atoms with E-state index in [1.807, 2.05) is 25.1 Å². The third kappa shape index (κ3) is 3.64. The van der Waals surface area contributed by atoms with Crippen LogP contribution in [0.4, 0.5) is 0 Å². The number of furan rings is 1. The van der Waals surface area contributed by atoms with Crippen LogP contribution in [0.1, 0.15) is 29.7 Å². The van der Waals surface area contributed by atoms with E-state index in [2.05, 4.69) is 27.3 Å². The second-order valence-electron chi connectivity index (χ2n) is 5.28. The minimum atomic E-state index is 0.463. The van der Waals surface area contributed by atoms with Crippen LogP contribution in [0.2, 0.25) is 0 Å². The second-order valence-corrected chi connectivity index (χ2v) is 6.13. The molecule has 1 aliphatic carbocycles. The second kappa shape index (κ2) is 6.02. The van der Waals surface area contributed by atoms with Crippen LogP contribution in [0.5, 0.6) is 5.75 Å². The molecule has 20 heavy (non-hydrogen) atoms. The molecular weight excluding hydrogens is 318 g/mol. The molecule has 3 rings (SSSR count). The lowest BCUT2D eigenvalue weighted by atomic mass is 10.2. The average molecular weight is 336 g/mol. The molecule has 1 saturated carbocycles. The first-order valence-electron chi connectivity index (χ1n) is 6.89. The summed E-state index contributed by atoms with van der Waals surface area (Å²) in [6.07, 6.45) is 4.41. The number of benzene rings is 1. The van der Waals surface area contributed by atoms with Gasteiger partial charge in [0.15, 0.2) is 0 Å². The van der Waals surface area contributed by atoms with Gasteiger partial charge in [0.1, 0.15) is 18.1 Å². The molecule has 1 aromatic heterocycles. The molecule has 2 aromatic rings. The van der Waals surface area contributed by atoms with Gasteiger partial charge in [-0.25, -0.2) is 0 Å². The Balaban J connectivity index is 1.53. The van der Waals surface area contributed by atoms with Crippen molar-refractivity contribution >= 4 is 15.9 Å². The molecule has 1 fully saturated rings. The Kier molecular flexibility index (Phi) is 4.13. The summed E-state index contributed by atoms with van der Waals surface area (Å²) in [6.45, 7) is 3.39. The van der Waals surface area contributed by atoms with Gasteiger partial charge in [-0.3, -0.25) is 0 Å². The van der Waals surface area contributed by atoms with Gasteiger partial charge >= 0.3 is 0 Å². The predicted molar refractivity (Wildman–Crippen MR) is 81.8 cm³/mol. The van der Waals surface area contributed by atoms with Crippen LogP contribution in [-0.2, 0) is 13.2 Å². The molecule has 0 saturated heterocycles. The summed E-state index contributed by atoms with van der Waals surface area (Å²) in [7, 11) is 0. The van der Waals surface area contributed by atoms with Crippen LogP contribution in [0, 0.1) is 6.92 Å². The molecule has 0 spiro atoms. The lowest BCUT2D eigenvalue weighted by molar-refractivity contribution is 0.270. The van der Waals surface area contributed by atoms with Crippen LogP contribution in [0.15, 0.2) is 39.4 Å². The van der Waals surface area contributed by atoms with Gasteiger partial charge in [0.25, 0.3) is 0 Å². The Morgan fingerprint density at radius 3 is 2.95 bits per heavy atom. The molecule has 1 aromatic carbocycles. The molecule has 0 amide bonds. The molecule has 4 heteroatoms. The summed E-state index contributed by atoms with van der Waals surface area (Å²) in [6, 6.07) is 8.74. The number of rotatable bonds is 6. The van der Waals surface area contributed by atoms with Gasteiger partial charge in [-0.2, -0.15) is 0 Å². The number of halogens is 1. The minimum Gasteiger partial charge on any atom is -0.486 e. The van der Waals surface area contributed by atoms with Crippen molar-refractivity contribution in [3.05, 3.63) is 51.9 Å². The Labute approximate surface area is 127 Å². The van der Waals surface area contributed by atoms with Gasteiger partial charge in [0.05, 0.1) is 6.26 Å². The van der Waals surface area contributed by atoms with Crippen molar-refractivity contribution < 1.29 is 9.15 Å². The molecular formula is C16H18BrNO2. The first kappa shape index (κ1) is 13.7. The van der Waals surface area contributed by atoms with Crippen molar-refractivity contribution in [2.45, 2.75) is 39.0 Å². The third-order valence-corrected chi connectivity index (χ3v) is 4.28. The van der Waals surface area contributed by atoms with Gasteiger partial charge in [-0.1, -0.05) is 15.9 Å². The summed E-state index contributed by atoms with van der Waals surface area (Å²) in [5.41, 5.74) is 2.35. The monoisotopic (exact) mass is 335 g/mol. The fourth-order valence-corrected chi connectivity index (χ4v) is 2.25. The van der Waals surface area contributed by atoms with Crippen molar-refractivity contribution in [1.82, 2.24) is 5.32 Å². The highest BCUT2D eigenvalue weighted by Gasteiger charge is 2.20. The molecule has 106 valence electrons. The Hall–Kier alpha value is -1.26. The normalized spacial score (nSPS) is 14.5. The van der Waals surface area contributed by atoms with E-state index in [1.165, 1.54) is 18.4 Å². The Morgan fingerprint density at radius 1 is 1.35 bits per heavy atom. The van der Waals surface area contributed by atoms with Gasteiger partial charge in [0, 0.05) is 22.6 Å². The summed E-state index contributed by atoms with van der Waals surface area (Å²) < 4.78 is 12.4. The number of ether oxygens (including phenoxy) is 1. The first-order chi connectivity index (χ1) is 9.70. The van der Waals surface area contributed by atoms with Crippen molar-refractivity contribution in [3.63, 3.8) is 0 Å². The van der Waals surface area contributed by atoms with Crippen LogP contribution in [-0.4, -0.2) is 6.04 Å². The van der Waals surface area contributed by atoms with E-state index in [-0.39, 0.29) is 0 Å². The highest BCUT2D eigenvalue weighted by atomic mass is 79.9. The van der Waals surface area contributed by atoms with E-state index in [0.29, 0.717) is 6.61 Å². The molecule has 0 atom stereocenters. The molecule has 1 aliphatic rings. The van der Waals surface area contributed by atoms with Crippen molar-refractivity contribution in [1.29, 1.82) is 0 Å². The minimum absolute atomic E-state index is 0.463. The standard InChI is InChI=1S/C16H18BrNO2/c1-11-6-14(4-5-16(11)17)20-10-15-7-12(9-19-15)8-18-13-2-3-13/h4-7,9,13,18H,2-3,8,10H2,1H3. The Morgan fingerprint density at radius 2 is 2.20 bits per heavy atom. The molecule has 0 bridgehead atoms. The van der Waals surface area contributed by atoms with E-state index in [4.69, 9.17) is 9.15 Å². The lowest BCUT2D eigenvalue weighted by Crippen LogP contribution is -2.14. The molecule has 1 N–H and O–H groups in total. The van der Waals surface area contributed by atoms with Crippen LogP contribution in [0.3, 0.4) is 0 Å². The maximum atomic E-state index is 5.74. The van der Waals surface area contributed by atoms with Gasteiger partial charge in [0.2, 0.25) is 0 Å². The molecule has 0 radical (unpaired) electrons. The number of hydrogen-bond donors (Lipinski definition) is 1. The summed E-state index contributed by atoms with van der Waals surface area (Å²) >= 11 is 3.48. The van der Waals surface area contributed by atoms with Gasteiger partial charge < -0.3 is 14.5 Å². The van der Waals surface area contributed by atoms with Gasteiger partial charge in [-0.05, 0) is 49.6 Å². The molecule has 0 aliphatic heterocycles. The van der Waals surface area contributed by atoms with E-state index < -0.39 is 0 Å². The zero-order valence-electron chi connectivity index (χ0n) is 11.5. The van der Waals surface area contributed by atoms with Crippen LogP contribution >= 0.6 is 15.9 Å². The topological polar surface area (TPSA) is 34.4 Å². The predicted octanol–water partition coefficient (Wildman–Crippen LogP) is 4.18. The number of nitrogens with one attached hydrogen (secondary N) is 1. The number of aryl methyl sites for hydroxylation is 1. The van der Waals surface area contributed by atoms with Crippen molar-refractivity contribution in [2.24, 2.45) is 0 Å². The zero-order valence-corrected chi connectivity index (χ0v) is 13.1. The highest BCUT2D eigenvalue weighted by molar-refractivity contribution is 9.10. The third-order valence-electron chi connectivity index (χ3n) is 3.39. The van der Waals surface area contributed by atoms with E-state index in [9.17, 15) is 0 Å². The van der Waals surface area contributed by atoms with E-state index in [1.54, 1.807) is 6.26 Å². The average Bonchev–Trinajstić information content (AvgIpc) is 3.16. The zero-order chi connectivity index (χ0) is 13.9. The van der Waals surface area contributed by atoms with Crippen molar-refractivity contribution in [3.8, 4) is 5.75 Å². The van der Waals surface area contributed by atoms with Crippen LogP contribution in [0.25, 0.3) is 0 Å². The van der Waals surface area contributed by atoms with Gasteiger partial charge in [-0.15, -0.1) is 0 Å². The van der Waals surface area contributed by atoms with E-state index in [0.717, 1.165) is 34.1 Å². The number of hydrogen-bond acceptors (Lipinski definition) is 3. The summed E-state index contributed by atoms with van der Waals surface area (Å²) in [4.78, 5) is 0. The smallest absolute Gasteiger partial charge is 0.146 e. The van der Waals surface area contributed by atoms with E-state index >= 15 is 0 Å². The molecule has 0 unspecified atom stereocenters. The molecule has 3 nitrogen and oxygen atoms in total.